The minimum absolute atomic E-state index is 0.248. The molecule has 0 aromatic heterocycles. The predicted octanol–water partition coefficient (Wildman–Crippen LogP) is 1.85. The van der Waals surface area contributed by atoms with Gasteiger partial charge in [0.25, 0.3) is 0 Å². The molecule has 0 bridgehead atoms. The van der Waals surface area contributed by atoms with Crippen LogP contribution in [-0.2, 0) is 0 Å². The van der Waals surface area contributed by atoms with Gasteiger partial charge in [-0.25, -0.2) is 4.79 Å². The van der Waals surface area contributed by atoms with E-state index < -0.39 is 5.97 Å². The Morgan fingerprint density at radius 3 is 2.94 bits per heavy atom. The Labute approximate surface area is 105 Å². The second kappa shape index (κ2) is 7.97. The Balaban J connectivity index is 2.27. The Kier molecular flexibility index (Phi) is 6.50. The zero-order valence-electron chi connectivity index (χ0n) is 9.59. The number of ether oxygens (including phenoxy) is 1. The molecule has 0 aliphatic carbocycles. The lowest BCUT2D eigenvalue weighted by Gasteiger charge is -2.06. The molecule has 0 heterocycles. The molecule has 1 rings (SSSR count). The van der Waals surface area contributed by atoms with Crippen LogP contribution in [0.25, 0.3) is 0 Å². The van der Waals surface area contributed by atoms with Crippen molar-refractivity contribution >= 4 is 17.7 Å². The van der Waals surface area contributed by atoms with Crippen LogP contribution < -0.4 is 10.5 Å². The molecule has 0 amide bonds. The highest BCUT2D eigenvalue weighted by atomic mass is 32.2. The first-order valence-corrected chi connectivity index (χ1v) is 6.63. The van der Waals surface area contributed by atoms with Crippen LogP contribution in [0.5, 0.6) is 5.75 Å². The van der Waals surface area contributed by atoms with E-state index in [0.717, 1.165) is 17.9 Å². The van der Waals surface area contributed by atoms with Crippen molar-refractivity contribution in [3.8, 4) is 5.75 Å². The van der Waals surface area contributed by atoms with Gasteiger partial charge in [-0.1, -0.05) is 6.07 Å². The van der Waals surface area contributed by atoms with Crippen LogP contribution in [0.3, 0.4) is 0 Å². The molecule has 3 N–H and O–H groups in total. The average Bonchev–Trinajstić information content (AvgIpc) is 2.34. The summed E-state index contributed by atoms with van der Waals surface area (Å²) in [6.45, 7) is 1.30. The summed E-state index contributed by atoms with van der Waals surface area (Å²) >= 11 is 1.79. The molecule has 4 nitrogen and oxygen atoms in total. The second-order valence-electron chi connectivity index (χ2n) is 3.44. The Morgan fingerprint density at radius 1 is 1.41 bits per heavy atom. The first-order chi connectivity index (χ1) is 8.24. The number of hydrogen-bond donors (Lipinski definition) is 2. The first-order valence-electron chi connectivity index (χ1n) is 5.48. The van der Waals surface area contributed by atoms with Gasteiger partial charge < -0.3 is 15.6 Å². The summed E-state index contributed by atoms with van der Waals surface area (Å²) in [5, 5.41) is 8.81. The molecule has 5 heteroatoms. The molecule has 94 valence electrons. The largest absolute Gasteiger partial charge is 0.493 e. The van der Waals surface area contributed by atoms with Crippen molar-refractivity contribution in [3.63, 3.8) is 0 Å². The van der Waals surface area contributed by atoms with Gasteiger partial charge in [-0.2, -0.15) is 11.8 Å². The van der Waals surface area contributed by atoms with Gasteiger partial charge in [-0.3, -0.25) is 0 Å². The summed E-state index contributed by atoms with van der Waals surface area (Å²) in [4.78, 5) is 10.7. The van der Waals surface area contributed by atoms with Gasteiger partial charge >= 0.3 is 5.97 Å². The molecule has 0 unspecified atom stereocenters. The summed E-state index contributed by atoms with van der Waals surface area (Å²) in [5.41, 5.74) is 5.63. The number of thioether (sulfide) groups is 1. The molecule has 0 saturated heterocycles. The zero-order chi connectivity index (χ0) is 12.5. The van der Waals surface area contributed by atoms with Crippen molar-refractivity contribution in [1.29, 1.82) is 0 Å². The van der Waals surface area contributed by atoms with E-state index >= 15 is 0 Å². The van der Waals surface area contributed by atoms with Gasteiger partial charge in [-0.15, -0.1) is 0 Å². The lowest BCUT2D eigenvalue weighted by atomic mass is 10.2. The van der Waals surface area contributed by atoms with Gasteiger partial charge in [0, 0.05) is 5.75 Å². The molecular formula is C12H17NO3S. The average molecular weight is 255 g/mol. The van der Waals surface area contributed by atoms with Crippen LogP contribution in [0.4, 0.5) is 0 Å². The first kappa shape index (κ1) is 13.9. The molecule has 0 spiro atoms. The summed E-state index contributed by atoms with van der Waals surface area (Å²) in [6, 6.07) is 6.52. The summed E-state index contributed by atoms with van der Waals surface area (Å²) in [5.74, 6) is 1.59. The van der Waals surface area contributed by atoms with E-state index in [1.807, 2.05) is 0 Å². The molecule has 0 aliphatic rings. The number of carboxylic acid groups (broad SMARTS) is 1. The summed E-state index contributed by atoms with van der Waals surface area (Å²) in [6.07, 6.45) is 1.01. The number of benzene rings is 1. The predicted molar refractivity (Wildman–Crippen MR) is 69.9 cm³/mol. The molecular weight excluding hydrogens is 238 g/mol. The van der Waals surface area contributed by atoms with E-state index in [1.165, 1.54) is 6.07 Å². The van der Waals surface area contributed by atoms with E-state index in [0.29, 0.717) is 18.9 Å². The van der Waals surface area contributed by atoms with Crippen LogP contribution in [0.2, 0.25) is 0 Å². The van der Waals surface area contributed by atoms with E-state index in [2.05, 4.69) is 0 Å². The van der Waals surface area contributed by atoms with E-state index in [1.54, 1.807) is 30.0 Å². The van der Waals surface area contributed by atoms with Crippen molar-refractivity contribution in [2.75, 3.05) is 24.7 Å². The summed E-state index contributed by atoms with van der Waals surface area (Å²) in [7, 11) is 0. The highest BCUT2D eigenvalue weighted by Gasteiger charge is 2.03. The van der Waals surface area contributed by atoms with Gasteiger partial charge in [0.1, 0.15) is 5.75 Å². The van der Waals surface area contributed by atoms with E-state index in [9.17, 15) is 4.79 Å². The zero-order valence-corrected chi connectivity index (χ0v) is 10.4. The molecule has 0 aliphatic heterocycles. The number of aromatic carboxylic acids is 1. The molecule has 17 heavy (non-hydrogen) atoms. The third-order valence-corrected chi connectivity index (χ3v) is 3.10. The number of rotatable bonds is 8. The highest BCUT2D eigenvalue weighted by Crippen LogP contribution is 2.13. The maximum Gasteiger partial charge on any atom is 0.335 e. The molecule has 1 aromatic carbocycles. The Bertz CT molecular complexity index is 357. The topological polar surface area (TPSA) is 72.5 Å². The van der Waals surface area contributed by atoms with Crippen molar-refractivity contribution in [2.45, 2.75) is 6.42 Å². The van der Waals surface area contributed by atoms with Gasteiger partial charge in [0.15, 0.2) is 0 Å². The lowest BCUT2D eigenvalue weighted by Crippen LogP contribution is -2.04. The smallest absolute Gasteiger partial charge is 0.335 e. The molecule has 1 aromatic rings. The van der Waals surface area contributed by atoms with Crippen molar-refractivity contribution in [2.24, 2.45) is 5.73 Å². The Hall–Kier alpha value is -1.20. The van der Waals surface area contributed by atoms with Crippen LogP contribution in [0.15, 0.2) is 24.3 Å². The molecule has 0 atom stereocenters. The molecule has 0 saturated carbocycles. The van der Waals surface area contributed by atoms with Crippen molar-refractivity contribution < 1.29 is 14.6 Å². The van der Waals surface area contributed by atoms with Gasteiger partial charge in [-0.05, 0) is 36.9 Å². The number of carboxylic acids is 1. The fourth-order valence-electron chi connectivity index (χ4n) is 1.22. The second-order valence-corrected chi connectivity index (χ2v) is 4.66. The van der Waals surface area contributed by atoms with Crippen LogP contribution in [0, 0.1) is 0 Å². The maximum atomic E-state index is 10.7. The van der Waals surface area contributed by atoms with Gasteiger partial charge in [0.2, 0.25) is 0 Å². The van der Waals surface area contributed by atoms with Crippen LogP contribution >= 0.6 is 11.8 Å². The number of carbonyl (C=O) groups is 1. The SMILES string of the molecule is NCCCSCCOc1cccc(C(=O)O)c1. The van der Waals surface area contributed by atoms with Crippen molar-refractivity contribution in [1.82, 2.24) is 0 Å². The lowest BCUT2D eigenvalue weighted by molar-refractivity contribution is 0.0696. The van der Waals surface area contributed by atoms with E-state index in [-0.39, 0.29) is 5.56 Å². The maximum absolute atomic E-state index is 10.7. The van der Waals surface area contributed by atoms with Crippen LogP contribution in [-0.4, -0.2) is 35.7 Å². The fraction of sp³-hybridized carbons (Fsp3) is 0.417. The highest BCUT2D eigenvalue weighted by molar-refractivity contribution is 7.99. The normalized spacial score (nSPS) is 10.2. The molecule has 0 fully saturated rings. The van der Waals surface area contributed by atoms with E-state index in [4.69, 9.17) is 15.6 Å². The fourth-order valence-corrected chi connectivity index (χ4v) is 2.00. The monoisotopic (exact) mass is 255 g/mol. The Morgan fingerprint density at radius 2 is 2.24 bits per heavy atom. The number of nitrogens with two attached hydrogens (primary N) is 1. The minimum Gasteiger partial charge on any atom is -0.493 e. The van der Waals surface area contributed by atoms with Gasteiger partial charge in [0.05, 0.1) is 12.2 Å². The standard InChI is InChI=1S/C12H17NO3S/c13-5-2-7-17-8-6-16-11-4-1-3-10(9-11)12(14)15/h1,3-4,9H,2,5-8,13H2,(H,14,15). The number of hydrogen-bond acceptors (Lipinski definition) is 4. The van der Waals surface area contributed by atoms with Crippen molar-refractivity contribution in [3.05, 3.63) is 29.8 Å². The van der Waals surface area contributed by atoms with Crippen LogP contribution in [0.1, 0.15) is 16.8 Å². The minimum atomic E-state index is -0.937. The third-order valence-electron chi connectivity index (χ3n) is 2.07. The third kappa shape index (κ3) is 5.60. The molecule has 0 radical (unpaired) electrons. The quantitative estimate of drug-likeness (QED) is 0.693. The summed E-state index contributed by atoms with van der Waals surface area (Å²) < 4.78 is 5.46.